The summed E-state index contributed by atoms with van der Waals surface area (Å²) in [5.74, 6) is -1.14. The SMILES string of the molecule is CN1C(=O)C(=C2/C(=C/C=C3/N(C)c4ccc5ccccc5c4C3(C)C)CCC/C2=C\C=C2\N(C)c3ccc4ccccc4c3C2(C)C)C(=O)N(C)C1=O. The summed E-state index contributed by atoms with van der Waals surface area (Å²) in [7, 11) is 7.11. The average molecular weight is 703 g/mol. The van der Waals surface area contributed by atoms with Crippen molar-refractivity contribution in [2.45, 2.75) is 57.8 Å². The minimum Gasteiger partial charge on any atom is -0.347 e. The summed E-state index contributed by atoms with van der Waals surface area (Å²) >= 11 is 0. The number of urea groups is 1. The van der Waals surface area contributed by atoms with Gasteiger partial charge in [-0.25, -0.2) is 4.79 Å². The van der Waals surface area contributed by atoms with Crippen LogP contribution in [0.15, 0.2) is 131 Å². The lowest BCUT2D eigenvalue weighted by atomic mass is 9.78. The fourth-order valence-corrected chi connectivity index (χ4v) is 9.37. The Balaban J connectivity index is 1.28. The van der Waals surface area contributed by atoms with Gasteiger partial charge in [-0.2, -0.15) is 0 Å². The van der Waals surface area contributed by atoms with Gasteiger partial charge in [0.25, 0.3) is 11.8 Å². The maximum atomic E-state index is 14.0. The zero-order chi connectivity index (χ0) is 37.6. The summed E-state index contributed by atoms with van der Waals surface area (Å²) in [5, 5.41) is 4.89. The summed E-state index contributed by atoms with van der Waals surface area (Å²) in [6.07, 6.45) is 10.8. The number of likely N-dealkylation sites (N-methyl/N-ethyl adjacent to an activating group) is 4. The fourth-order valence-electron chi connectivity index (χ4n) is 9.37. The number of carbonyl (C=O) groups excluding carboxylic acids is 3. The summed E-state index contributed by atoms with van der Waals surface area (Å²) < 4.78 is 0. The zero-order valence-electron chi connectivity index (χ0n) is 31.9. The first-order valence-electron chi connectivity index (χ1n) is 18.4. The molecule has 8 rings (SSSR count). The molecule has 53 heavy (non-hydrogen) atoms. The van der Waals surface area contributed by atoms with Gasteiger partial charge in [0.05, 0.1) is 0 Å². The van der Waals surface area contributed by atoms with E-state index in [-0.39, 0.29) is 16.4 Å². The van der Waals surface area contributed by atoms with Crippen LogP contribution in [0.5, 0.6) is 0 Å². The lowest BCUT2D eigenvalue weighted by Crippen LogP contribution is -2.53. The van der Waals surface area contributed by atoms with Gasteiger partial charge in [0.1, 0.15) is 5.57 Å². The van der Waals surface area contributed by atoms with E-state index in [2.05, 4.69) is 149 Å². The molecular weight excluding hydrogens is 657 g/mol. The predicted octanol–water partition coefficient (Wildman–Crippen LogP) is 9.30. The Morgan fingerprint density at radius 2 is 0.925 bits per heavy atom. The maximum absolute atomic E-state index is 14.0. The van der Waals surface area contributed by atoms with Gasteiger partial charge in [-0.3, -0.25) is 19.4 Å². The predicted molar refractivity (Wildman–Crippen MR) is 215 cm³/mol. The molecule has 1 saturated heterocycles. The second-order valence-corrected chi connectivity index (χ2v) is 15.8. The van der Waals surface area contributed by atoms with Crippen LogP contribution in [-0.4, -0.2) is 55.8 Å². The Labute approximate surface area is 311 Å². The Morgan fingerprint density at radius 3 is 1.36 bits per heavy atom. The molecule has 268 valence electrons. The molecule has 4 aromatic rings. The average Bonchev–Trinajstić information content (AvgIpc) is 3.48. The lowest BCUT2D eigenvalue weighted by Gasteiger charge is -2.33. The highest BCUT2D eigenvalue weighted by Crippen LogP contribution is 2.52. The van der Waals surface area contributed by atoms with Crippen LogP contribution in [-0.2, 0) is 20.4 Å². The van der Waals surface area contributed by atoms with Crippen molar-refractivity contribution < 1.29 is 14.4 Å². The minimum atomic E-state index is -0.626. The number of allylic oxidation sites excluding steroid dienone is 9. The Kier molecular flexibility index (Phi) is 7.91. The van der Waals surface area contributed by atoms with Gasteiger partial charge in [-0.1, -0.05) is 101 Å². The van der Waals surface area contributed by atoms with E-state index in [1.54, 1.807) is 0 Å². The van der Waals surface area contributed by atoms with Crippen LogP contribution in [0.2, 0.25) is 0 Å². The third-order valence-corrected chi connectivity index (χ3v) is 12.1. The molecule has 0 atom stereocenters. The van der Waals surface area contributed by atoms with Gasteiger partial charge >= 0.3 is 6.03 Å². The molecule has 0 unspecified atom stereocenters. The van der Waals surface area contributed by atoms with Crippen molar-refractivity contribution in [3.05, 3.63) is 142 Å². The number of benzene rings is 4. The van der Waals surface area contributed by atoms with Crippen LogP contribution >= 0.6 is 0 Å². The van der Waals surface area contributed by atoms with Gasteiger partial charge in [0.15, 0.2) is 0 Å². The fraction of sp³-hybridized carbons (Fsp3) is 0.283. The van der Waals surface area contributed by atoms with E-state index in [0.717, 1.165) is 38.8 Å². The lowest BCUT2D eigenvalue weighted by molar-refractivity contribution is -0.134. The van der Waals surface area contributed by atoms with E-state index in [0.29, 0.717) is 18.4 Å². The van der Waals surface area contributed by atoms with Crippen molar-refractivity contribution in [1.82, 2.24) is 9.80 Å². The van der Waals surface area contributed by atoms with Crippen molar-refractivity contribution in [3.8, 4) is 0 Å². The number of fused-ring (bicyclic) bond motifs is 6. The topological polar surface area (TPSA) is 64.2 Å². The first-order valence-corrected chi connectivity index (χ1v) is 18.4. The van der Waals surface area contributed by atoms with Crippen LogP contribution in [0.1, 0.15) is 58.1 Å². The number of imide groups is 2. The number of anilines is 2. The summed E-state index contributed by atoms with van der Waals surface area (Å²) in [6, 6.07) is 25.1. The van der Waals surface area contributed by atoms with Crippen molar-refractivity contribution in [1.29, 1.82) is 0 Å². The van der Waals surface area contributed by atoms with Gasteiger partial charge in [0.2, 0.25) is 0 Å². The molecule has 4 aliphatic rings. The normalized spacial score (nSPS) is 22.8. The largest absolute Gasteiger partial charge is 0.347 e. The zero-order valence-corrected chi connectivity index (χ0v) is 31.9. The monoisotopic (exact) mass is 702 g/mol. The van der Waals surface area contributed by atoms with Crippen LogP contribution in [0.25, 0.3) is 21.5 Å². The highest BCUT2D eigenvalue weighted by Gasteiger charge is 2.43. The molecule has 0 radical (unpaired) electrons. The molecule has 0 N–H and O–H groups in total. The minimum absolute atomic E-state index is 0.0465. The molecule has 1 aliphatic carbocycles. The molecule has 3 heterocycles. The second-order valence-electron chi connectivity index (χ2n) is 15.8. The molecule has 4 aromatic carbocycles. The quantitative estimate of drug-likeness (QED) is 0.154. The number of nitrogens with zero attached hydrogens (tertiary/aromatic N) is 4. The smallest absolute Gasteiger partial charge is 0.333 e. The van der Waals surface area contributed by atoms with Crippen molar-refractivity contribution in [3.63, 3.8) is 0 Å². The van der Waals surface area contributed by atoms with E-state index < -0.39 is 17.8 Å². The Bertz CT molecular complexity index is 2290. The summed E-state index contributed by atoms with van der Waals surface area (Å²) in [6.45, 7) is 9.03. The van der Waals surface area contributed by atoms with Gasteiger partial charge in [-0.15, -0.1) is 0 Å². The summed E-state index contributed by atoms with van der Waals surface area (Å²) in [5.41, 5.74) is 9.09. The highest BCUT2D eigenvalue weighted by molar-refractivity contribution is 6.29. The molecule has 0 spiro atoms. The number of amides is 4. The van der Waals surface area contributed by atoms with E-state index in [1.165, 1.54) is 58.1 Å². The van der Waals surface area contributed by atoms with Gasteiger partial charge < -0.3 is 9.80 Å². The maximum Gasteiger partial charge on any atom is 0.333 e. The molecule has 1 saturated carbocycles. The highest BCUT2D eigenvalue weighted by atomic mass is 16.2. The van der Waals surface area contributed by atoms with Crippen LogP contribution < -0.4 is 9.80 Å². The van der Waals surface area contributed by atoms with Crippen LogP contribution in [0.4, 0.5) is 16.2 Å². The second kappa shape index (κ2) is 12.2. The van der Waals surface area contributed by atoms with Crippen LogP contribution in [0.3, 0.4) is 0 Å². The van der Waals surface area contributed by atoms with Gasteiger partial charge in [0, 0.05) is 61.8 Å². The molecule has 2 fully saturated rings. The number of carbonyl (C=O) groups is 3. The first-order chi connectivity index (χ1) is 25.2. The Hall–Kier alpha value is -5.69. The third kappa shape index (κ3) is 5.04. The number of barbiturate groups is 1. The van der Waals surface area contributed by atoms with E-state index in [1.807, 2.05) is 0 Å². The van der Waals surface area contributed by atoms with E-state index in [9.17, 15) is 14.4 Å². The molecule has 3 aliphatic heterocycles. The number of hydrogen-bond donors (Lipinski definition) is 0. The molecule has 0 bridgehead atoms. The van der Waals surface area contributed by atoms with Crippen LogP contribution in [0, 0.1) is 0 Å². The molecule has 0 aromatic heterocycles. The standard InChI is InChI=1S/C46H46N4O3/c1-45(2)36(47(5)34-24-20-28-14-9-11-18-32(28)40(34)45)26-22-30-16-13-17-31(38(30)39-42(51)49(7)44(53)50(8)43(39)52)23-27-37-46(3,4)41-33-19-12-10-15-29(33)21-25-35(41)48(37)6/h9-12,14-15,18-27H,13,16-17H2,1-8H3/b30-22+,31-23+,36-26+,37-27+. The molecule has 7 nitrogen and oxygen atoms in total. The van der Waals surface area contributed by atoms with Crippen molar-refractivity contribution >= 4 is 50.8 Å². The molecule has 7 heteroatoms. The number of rotatable bonds is 2. The van der Waals surface area contributed by atoms with E-state index >= 15 is 0 Å². The van der Waals surface area contributed by atoms with Crippen molar-refractivity contribution in [2.24, 2.45) is 0 Å². The number of hydrogen-bond acceptors (Lipinski definition) is 5. The molecular formula is C46H46N4O3. The summed E-state index contributed by atoms with van der Waals surface area (Å²) in [4.78, 5) is 47.4. The Morgan fingerprint density at radius 1 is 0.509 bits per heavy atom. The van der Waals surface area contributed by atoms with Gasteiger partial charge in [-0.05, 0) is 92.9 Å². The first kappa shape index (κ1) is 34.4. The molecule has 4 amide bonds. The third-order valence-electron chi connectivity index (χ3n) is 12.1. The van der Waals surface area contributed by atoms with E-state index in [4.69, 9.17) is 0 Å². The van der Waals surface area contributed by atoms with Crippen molar-refractivity contribution in [2.75, 3.05) is 38.0 Å².